The van der Waals surface area contributed by atoms with Crippen molar-refractivity contribution in [2.75, 3.05) is 20.3 Å². The molecule has 3 heterocycles. The van der Waals surface area contributed by atoms with Crippen molar-refractivity contribution in [2.45, 2.75) is 18.6 Å². The van der Waals surface area contributed by atoms with Gasteiger partial charge in [0.15, 0.2) is 0 Å². The molecule has 2 atom stereocenters. The van der Waals surface area contributed by atoms with Gasteiger partial charge in [0.2, 0.25) is 0 Å². The Labute approximate surface area is 163 Å². The van der Waals surface area contributed by atoms with Crippen LogP contribution in [0.1, 0.15) is 11.6 Å². The van der Waals surface area contributed by atoms with Crippen LogP contribution in [0.5, 0.6) is 5.75 Å². The van der Waals surface area contributed by atoms with Crippen LogP contribution in [0.2, 0.25) is 0 Å². The van der Waals surface area contributed by atoms with E-state index in [9.17, 15) is 4.79 Å². The summed E-state index contributed by atoms with van der Waals surface area (Å²) >= 11 is 0. The molecule has 1 N–H and O–H groups in total. The number of nitrogens with one attached hydrogen (secondary N) is 1. The molecule has 1 aromatic carbocycles. The van der Waals surface area contributed by atoms with Crippen LogP contribution in [0, 0.1) is 0 Å². The summed E-state index contributed by atoms with van der Waals surface area (Å²) in [6.45, 7) is 1.65. The fraction of sp³-hybridized carbons (Fsp3) is 0.286. The Kier molecular flexibility index (Phi) is 5.45. The lowest BCUT2D eigenvalue weighted by molar-refractivity contribution is 0.181. The van der Waals surface area contributed by atoms with E-state index in [2.05, 4.69) is 15.4 Å². The SMILES string of the molecule is COc1ccc(CNC2COCC2n2nc(-c3cccnc3)ccc2=O)cc1. The van der Waals surface area contributed by atoms with Crippen LogP contribution in [-0.2, 0) is 11.3 Å². The van der Waals surface area contributed by atoms with Crippen LogP contribution in [0.3, 0.4) is 0 Å². The molecule has 1 saturated heterocycles. The van der Waals surface area contributed by atoms with Gasteiger partial charge in [-0.05, 0) is 35.9 Å². The van der Waals surface area contributed by atoms with Gasteiger partial charge in [-0.25, -0.2) is 4.68 Å². The molecule has 1 aliphatic rings. The average molecular weight is 378 g/mol. The summed E-state index contributed by atoms with van der Waals surface area (Å²) in [5, 5.41) is 8.07. The molecule has 144 valence electrons. The number of methoxy groups -OCH3 is 1. The topological polar surface area (TPSA) is 78.3 Å². The third-order valence-corrected chi connectivity index (χ3v) is 4.87. The van der Waals surface area contributed by atoms with Crippen LogP contribution in [-0.4, -0.2) is 41.1 Å². The predicted molar refractivity (Wildman–Crippen MR) is 105 cm³/mol. The molecule has 7 heteroatoms. The normalized spacial score (nSPS) is 18.9. The van der Waals surface area contributed by atoms with Gasteiger partial charge in [0.25, 0.3) is 5.56 Å². The van der Waals surface area contributed by atoms with Gasteiger partial charge in [-0.1, -0.05) is 12.1 Å². The molecular formula is C21H22N4O3. The highest BCUT2D eigenvalue weighted by atomic mass is 16.5. The molecular weight excluding hydrogens is 356 g/mol. The molecule has 0 spiro atoms. The van der Waals surface area contributed by atoms with Crippen molar-refractivity contribution in [3.8, 4) is 17.0 Å². The standard InChI is InChI=1S/C21H22N4O3/c1-27-17-6-4-15(5-7-17)11-23-19-13-28-14-20(19)25-21(26)9-8-18(24-25)16-3-2-10-22-12-16/h2-10,12,19-20,23H,11,13-14H2,1H3. The minimum Gasteiger partial charge on any atom is -0.497 e. The summed E-state index contributed by atoms with van der Waals surface area (Å²) in [5.41, 5.74) is 2.58. The molecule has 28 heavy (non-hydrogen) atoms. The first-order chi connectivity index (χ1) is 13.7. The summed E-state index contributed by atoms with van der Waals surface area (Å²) in [4.78, 5) is 16.6. The van der Waals surface area contributed by atoms with Crippen LogP contribution < -0.4 is 15.6 Å². The van der Waals surface area contributed by atoms with Gasteiger partial charge in [-0.2, -0.15) is 5.10 Å². The Bertz CT molecular complexity index is 973. The molecule has 0 bridgehead atoms. The van der Waals surface area contributed by atoms with Gasteiger partial charge in [-0.3, -0.25) is 9.78 Å². The monoisotopic (exact) mass is 378 g/mol. The lowest BCUT2D eigenvalue weighted by Crippen LogP contribution is -2.41. The third-order valence-electron chi connectivity index (χ3n) is 4.87. The number of ether oxygens (including phenoxy) is 2. The van der Waals surface area contributed by atoms with Crippen molar-refractivity contribution >= 4 is 0 Å². The van der Waals surface area contributed by atoms with E-state index in [1.807, 2.05) is 36.4 Å². The second-order valence-corrected chi connectivity index (χ2v) is 6.68. The van der Waals surface area contributed by atoms with Gasteiger partial charge >= 0.3 is 0 Å². The van der Waals surface area contributed by atoms with Crippen LogP contribution in [0.25, 0.3) is 11.3 Å². The Morgan fingerprint density at radius 3 is 2.79 bits per heavy atom. The van der Waals surface area contributed by atoms with E-state index in [1.165, 1.54) is 4.68 Å². The maximum atomic E-state index is 12.5. The number of nitrogens with zero attached hydrogens (tertiary/aromatic N) is 3. The number of aromatic nitrogens is 3. The Hall–Kier alpha value is -3.03. The van der Waals surface area contributed by atoms with E-state index in [-0.39, 0.29) is 17.6 Å². The highest BCUT2D eigenvalue weighted by Crippen LogP contribution is 2.20. The predicted octanol–water partition coefficient (Wildman–Crippen LogP) is 2.04. The van der Waals surface area contributed by atoms with Gasteiger partial charge in [-0.15, -0.1) is 0 Å². The minimum absolute atomic E-state index is 0.00329. The van der Waals surface area contributed by atoms with Crippen molar-refractivity contribution in [2.24, 2.45) is 0 Å². The van der Waals surface area contributed by atoms with E-state index in [1.54, 1.807) is 31.6 Å². The van der Waals surface area contributed by atoms with E-state index in [4.69, 9.17) is 9.47 Å². The lowest BCUT2D eigenvalue weighted by Gasteiger charge is -2.21. The molecule has 2 unspecified atom stereocenters. The number of hydrogen-bond donors (Lipinski definition) is 1. The molecule has 3 aromatic rings. The van der Waals surface area contributed by atoms with Crippen molar-refractivity contribution in [1.82, 2.24) is 20.1 Å². The Balaban J connectivity index is 1.52. The largest absolute Gasteiger partial charge is 0.497 e. The molecule has 4 rings (SSSR count). The van der Waals surface area contributed by atoms with Gasteiger partial charge < -0.3 is 14.8 Å². The molecule has 0 aliphatic carbocycles. The van der Waals surface area contributed by atoms with Crippen molar-refractivity contribution in [1.29, 1.82) is 0 Å². The summed E-state index contributed by atoms with van der Waals surface area (Å²) in [7, 11) is 1.65. The minimum atomic E-state index is -0.164. The van der Waals surface area contributed by atoms with Crippen molar-refractivity contribution in [3.05, 3.63) is 76.8 Å². The van der Waals surface area contributed by atoms with Crippen LogP contribution >= 0.6 is 0 Å². The quantitative estimate of drug-likeness (QED) is 0.707. The zero-order valence-corrected chi connectivity index (χ0v) is 15.6. The summed E-state index contributed by atoms with van der Waals surface area (Å²) in [6, 6.07) is 14.8. The Morgan fingerprint density at radius 1 is 1.18 bits per heavy atom. The molecule has 0 radical (unpaired) electrons. The van der Waals surface area contributed by atoms with E-state index < -0.39 is 0 Å². The third kappa shape index (κ3) is 3.95. The summed E-state index contributed by atoms with van der Waals surface area (Å²) in [6.07, 6.45) is 3.45. The maximum Gasteiger partial charge on any atom is 0.267 e. The molecule has 0 saturated carbocycles. The number of pyridine rings is 1. The average Bonchev–Trinajstić information content (AvgIpc) is 3.22. The number of hydrogen-bond acceptors (Lipinski definition) is 6. The summed E-state index contributed by atoms with van der Waals surface area (Å²) < 4.78 is 12.4. The zero-order chi connectivity index (χ0) is 19.3. The van der Waals surface area contributed by atoms with Crippen molar-refractivity contribution < 1.29 is 9.47 Å². The molecule has 1 aliphatic heterocycles. The zero-order valence-electron chi connectivity index (χ0n) is 15.6. The van der Waals surface area contributed by atoms with Gasteiger partial charge in [0.05, 0.1) is 38.1 Å². The number of benzene rings is 1. The lowest BCUT2D eigenvalue weighted by atomic mass is 10.1. The number of rotatable bonds is 6. The highest BCUT2D eigenvalue weighted by molar-refractivity contribution is 5.56. The first-order valence-electron chi connectivity index (χ1n) is 9.19. The summed E-state index contributed by atoms with van der Waals surface area (Å²) in [5.74, 6) is 0.828. The first-order valence-corrected chi connectivity index (χ1v) is 9.19. The maximum absolute atomic E-state index is 12.5. The van der Waals surface area contributed by atoms with Crippen molar-refractivity contribution in [3.63, 3.8) is 0 Å². The van der Waals surface area contributed by atoms with E-state index in [0.717, 1.165) is 16.9 Å². The fourth-order valence-electron chi connectivity index (χ4n) is 3.30. The van der Waals surface area contributed by atoms with E-state index >= 15 is 0 Å². The molecule has 0 amide bonds. The fourth-order valence-corrected chi connectivity index (χ4v) is 3.30. The van der Waals surface area contributed by atoms with Gasteiger partial charge in [0, 0.05) is 30.6 Å². The second-order valence-electron chi connectivity index (χ2n) is 6.68. The molecule has 2 aromatic heterocycles. The Morgan fingerprint density at radius 2 is 2.04 bits per heavy atom. The highest BCUT2D eigenvalue weighted by Gasteiger charge is 2.31. The first kappa shape index (κ1) is 18.3. The molecule has 1 fully saturated rings. The van der Waals surface area contributed by atoms with Crippen LogP contribution in [0.4, 0.5) is 0 Å². The smallest absolute Gasteiger partial charge is 0.267 e. The van der Waals surface area contributed by atoms with Crippen LogP contribution in [0.15, 0.2) is 65.7 Å². The molecule has 7 nitrogen and oxygen atoms in total. The van der Waals surface area contributed by atoms with E-state index in [0.29, 0.717) is 25.5 Å². The van der Waals surface area contributed by atoms with Gasteiger partial charge in [0.1, 0.15) is 5.75 Å². The second kappa shape index (κ2) is 8.33.